The van der Waals surface area contributed by atoms with Crippen LogP contribution < -0.4 is 5.32 Å². The van der Waals surface area contributed by atoms with Crippen LogP contribution in [0.1, 0.15) is 16.7 Å². The van der Waals surface area contributed by atoms with Gasteiger partial charge in [-0.15, -0.1) is 0 Å². The van der Waals surface area contributed by atoms with Gasteiger partial charge in [0.1, 0.15) is 5.76 Å². The maximum absolute atomic E-state index is 12.2. The number of nitriles is 1. The van der Waals surface area contributed by atoms with E-state index in [1.807, 2.05) is 12.1 Å². The zero-order chi connectivity index (χ0) is 15.9. The molecular formula is C16H8Br2N2O2. The summed E-state index contributed by atoms with van der Waals surface area (Å²) in [6, 6.07) is 12.2. The van der Waals surface area contributed by atoms with E-state index in [9.17, 15) is 9.90 Å². The van der Waals surface area contributed by atoms with Crippen molar-refractivity contribution in [2.24, 2.45) is 0 Å². The van der Waals surface area contributed by atoms with E-state index in [0.717, 1.165) is 8.95 Å². The molecule has 0 saturated heterocycles. The molecule has 6 heteroatoms. The average Bonchev–Trinajstić information content (AvgIpc) is 2.80. The quantitative estimate of drug-likeness (QED) is 0.529. The molecule has 1 aliphatic heterocycles. The summed E-state index contributed by atoms with van der Waals surface area (Å²) in [4.78, 5) is 12.2. The molecule has 1 aliphatic rings. The topological polar surface area (TPSA) is 73.1 Å². The number of hydrogen-bond acceptors (Lipinski definition) is 3. The number of amides is 1. The number of aliphatic hydroxyl groups is 1. The van der Waals surface area contributed by atoms with Crippen molar-refractivity contribution in [3.05, 3.63) is 62.0 Å². The second-order valence-electron chi connectivity index (χ2n) is 4.71. The standard InChI is InChI=1S/C16H8Br2N2O2/c17-10-4-9(5-11(18)6-10)15(21)14-12-3-8(7-19)1-2-13(12)20-16(14)22/h1-6,21H,(H,20,22). The van der Waals surface area contributed by atoms with Crippen LogP contribution in [0, 0.1) is 11.3 Å². The first-order valence-electron chi connectivity index (χ1n) is 6.25. The third-order valence-electron chi connectivity index (χ3n) is 3.27. The normalized spacial score (nSPS) is 15.0. The zero-order valence-corrected chi connectivity index (χ0v) is 14.2. The number of nitrogens with one attached hydrogen (secondary N) is 1. The Hall–Kier alpha value is -2.10. The molecule has 0 bridgehead atoms. The van der Waals surface area contributed by atoms with Gasteiger partial charge in [0.2, 0.25) is 0 Å². The molecule has 0 radical (unpaired) electrons. The molecule has 3 rings (SSSR count). The summed E-state index contributed by atoms with van der Waals surface area (Å²) in [5.74, 6) is -0.521. The van der Waals surface area contributed by atoms with Gasteiger partial charge in [-0.25, -0.2) is 0 Å². The second-order valence-corrected chi connectivity index (χ2v) is 6.54. The number of halogens is 2. The fourth-order valence-electron chi connectivity index (χ4n) is 2.31. The Balaban J connectivity index is 2.23. The number of nitrogens with zero attached hydrogens (tertiary/aromatic N) is 1. The van der Waals surface area contributed by atoms with Gasteiger partial charge in [0, 0.05) is 25.8 Å². The maximum atomic E-state index is 12.2. The second kappa shape index (κ2) is 5.59. The average molecular weight is 420 g/mol. The molecule has 0 aliphatic carbocycles. The maximum Gasteiger partial charge on any atom is 0.260 e. The molecule has 4 nitrogen and oxygen atoms in total. The summed E-state index contributed by atoms with van der Waals surface area (Å²) in [5, 5.41) is 22.2. The molecule has 0 spiro atoms. The number of aliphatic hydroxyl groups excluding tert-OH is 1. The lowest BCUT2D eigenvalue weighted by Gasteiger charge is -2.06. The first kappa shape index (κ1) is 14.8. The fraction of sp³-hybridized carbons (Fsp3) is 0. The van der Waals surface area contributed by atoms with E-state index in [1.54, 1.807) is 30.3 Å². The molecule has 1 heterocycles. The number of fused-ring (bicyclic) bond motifs is 1. The third-order valence-corrected chi connectivity index (χ3v) is 4.18. The molecule has 0 aromatic heterocycles. The van der Waals surface area contributed by atoms with Gasteiger partial charge in [0.05, 0.1) is 17.2 Å². The first-order valence-corrected chi connectivity index (χ1v) is 7.84. The van der Waals surface area contributed by atoms with E-state index in [-0.39, 0.29) is 11.3 Å². The Bertz CT molecular complexity index is 862. The minimum atomic E-state index is -0.390. The van der Waals surface area contributed by atoms with Crippen LogP contribution in [-0.4, -0.2) is 11.0 Å². The molecule has 2 aromatic rings. The molecule has 22 heavy (non-hydrogen) atoms. The van der Waals surface area contributed by atoms with Gasteiger partial charge in [-0.3, -0.25) is 4.79 Å². The van der Waals surface area contributed by atoms with Crippen molar-refractivity contribution in [3.8, 4) is 6.07 Å². The first-order chi connectivity index (χ1) is 10.5. The van der Waals surface area contributed by atoms with Gasteiger partial charge in [0.15, 0.2) is 0 Å². The SMILES string of the molecule is N#Cc1ccc2c(c1)C(=C(O)c1cc(Br)cc(Br)c1)C(=O)N2. The van der Waals surface area contributed by atoms with E-state index in [0.29, 0.717) is 22.4 Å². The Labute approximate surface area is 143 Å². The monoisotopic (exact) mass is 418 g/mol. The lowest BCUT2D eigenvalue weighted by atomic mass is 10.0. The lowest BCUT2D eigenvalue weighted by molar-refractivity contribution is -0.110. The Kier molecular flexibility index (Phi) is 3.77. The van der Waals surface area contributed by atoms with Gasteiger partial charge < -0.3 is 10.4 Å². The van der Waals surface area contributed by atoms with Crippen molar-refractivity contribution in [2.75, 3.05) is 5.32 Å². The molecule has 0 fully saturated rings. The molecule has 0 atom stereocenters. The molecule has 0 unspecified atom stereocenters. The summed E-state index contributed by atoms with van der Waals surface area (Å²) in [7, 11) is 0. The van der Waals surface area contributed by atoms with Crippen LogP contribution in [0.3, 0.4) is 0 Å². The highest BCUT2D eigenvalue weighted by Gasteiger charge is 2.28. The van der Waals surface area contributed by atoms with Crippen LogP contribution in [0.25, 0.3) is 11.3 Å². The van der Waals surface area contributed by atoms with Crippen molar-refractivity contribution < 1.29 is 9.90 Å². The third kappa shape index (κ3) is 2.54. The van der Waals surface area contributed by atoms with Crippen molar-refractivity contribution in [2.45, 2.75) is 0 Å². The molecule has 2 N–H and O–H groups in total. The largest absolute Gasteiger partial charge is 0.506 e. The minimum Gasteiger partial charge on any atom is -0.506 e. The molecule has 2 aromatic carbocycles. The number of anilines is 1. The van der Waals surface area contributed by atoms with Crippen LogP contribution in [0.4, 0.5) is 5.69 Å². The number of rotatable bonds is 1. The van der Waals surface area contributed by atoms with Crippen molar-refractivity contribution in [1.29, 1.82) is 5.26 Å². The fourth-order valence-corrected chi connectivity index (χ4v) is 3.60. The van der Waals surface area contributed by atoms with Gasteiger partial charge in [-0.2, -0.15) is 5.26 Å². The highest BCUT2D eigenvalue weighted by molar-refractivity contribution is 9.11. The number of benzene rings is 2. The molecule has 1 amide bonds. The molecular weight excluding hydrogens is 412 g/mol. The van der Waals surface area contributed by atoms with E-state index < -0.39 is 5.91 Å². The van der Waals surface area contributed by atoms with Crippen LogP contribution in [0.15, 0.2) is 45.3 Å². The van der Waals surface area contributed by atoms with Crippen LogP contribution in [0.2, 0.25) is 0 Å². The van der Waals surface area contributed by atoms with E-state index in [2.05, 4.69) is 37.2 Å². The van der Waals surface area contributed by atoms with Gasteiger partial charge in [-0.1, -0.05) is 31.9 Å². The smallest absolute Gasteiger partial charge is 0.260 e. The van der Waals surface area contributed by atoms with Crippen molar-refractivity contribution in [3.63, 3.8) is 0 Å². The number of carbonyl (C=O) groups excluding carboxylic acids is 1. The number of hydrogen-bond donors (Lipinski definition) is 2. The summed E-state index contributed by atoms with van der Waals surface area (Å²) in [5.41, 5.74) is 2.20. The van der Waals surface area contributed by atoms with Gasteiger partial charge >= 0.3 is 0 Å². The van der Waals surface area contributed by atoms with Gasteiger partial charge in [0.25, 0.3) is 5.91 Å². The summed E-state index contributed by atoms with van der Waals surface area (Å²) in [6.07, 6.45) is 0. The predicted molar refractivity (Wildman–Crippen MR) is 91.1 cm³/mol. The Morgan fingerprint density at radius 1 is 1.14 bits per heavy atom. The minimum absolute atomic E-state index is 0.131. The van der Waals surface area contributed by atoms with Crippen LogP contribution in [0.5, 0.6) is 0 Å². The van der Waals surface area contributed by atoms with Crippen LogP contribution in [-0.2, 0) is 4.79 Å². The summed E-state index contributed by atoms with van der Waals surface area (Å²) >= 11 is 6.70. The molecule has 108 valence electrons. The Morgan fingerprint density at radius 2 is 1.82 bits per heavy atom. The molecule has 0 saturated carbocycles. The predicted octanol–water partition coefficient (Wildman–Crippen LogP) is 4.46. The highest BCUT2D eigenvalue weighted by atomic mass is 79.9. The lowest BCUT2D eigenvalue weighted by Crippen LogP contribution is -2.05. The Morgan fingerprint density at radius 3 is 2.45 bits per heavy atom. The van der Waals surface area contributed by atoms with E-state index >= 15 is 0 Å². The summed E-state index contributed by atoms with van der Waals surface area (Å²) in [6.45, 7) is 0. The van der Waals surface area contributed by atoms with Gasteiger partial charge in [-0.05, 0) is 36.4 Å². The number of carbonyl (C=O) groups is 1. The highest BCUT2D eigenvalue weighted by Crippen LogP contribution is 2.37. The van der Waals surface area contributed by atoms with E-state index in [1.165, 1.54) is 0 Å². The van der Waals surface area contributed by atoms with Crippen molar-refractivity contribution in [1.82, 2.24) is 0 Å². The zero-order valence-electron chi connectivity index (χ0n) is 11.0. The van der Waals surface area contributed by atoms with Crippen molar-refractivity contribution >= 4 is 54.8 Å². The van der Waals surface area contributed by atoms with E-state index in [4.69, 9.17) is 5.26 Å². The summed E-state index contributed by atoms with van der Waals surface area (Å²) < 4.78 is 1.54. The van der Waals surface area contributed by atoms with Crippen LogP contribution >= 0.6 is 31.9 Å².